The fourth-order valence-electron chi connectivity index (χ4n) is 4.24. The van der Waals surface area contributed by atoms with Crippen LogP contribution in [0.3, 0.4) is 0 Å². The monoisotopic (exact) mass is 533 g/mol. The maximum absolute atomic E-state index is 13.3. The summed E-state index contributed by atoms with van der Waals surface area (Å²) in [5, 5.41) is 0.911. The van der Waals surface area contributed by atoms with E-state index in [-0.39, 0.29) is 28.9 Å². The Kier molecular flexibility index (Phi) is 7.09. The van der Waals surface area contributed by atoms with Gasteiger partial charge in [0.05, 0.1) is 28.3 Å². The number of hydrogen-bond donors (Lipinski definition) is 1. The van der Waals surface area contributed by atoms with Gasteiger partial charge in [-0.15, -0.1) is 0 Å². The lowest BCUT2D eigenvalue weighted by molar-refractivity contribution is 0.0304. The van der Waals surface area contributed by atoms with Crippen LogP contribution in [-0.2, 0) is 19.5 Å². The Bertz CT molecular complexity index is 1360. The van der Waals surface area contributed by atoms with Crippen molar-refractivity contribution in [3.05, 3.63) is 47.3 Å². The van der Waals surface area contributed by atoms with Gasteiger partial charge in [0.1, 0.15) is 5.58 Å². The zero-order valence-corrected chi connectivity index (χ0v) is 21.5. The van der Waals surface area contributed by atoms with Gasteiger partial charge in [-0.25, -0.2) is 18.2 Å². The molecule has 1 aliphatic heterocycles. The van der Waals surface area contributed by atoms with E-state index < -0.39 is 16.0 Å². The molecule has 1 aliphatic carbocycles. The number of furan rings is 1. The Balaban J connectivity index is 1.33. The number of carbonyl (C=O) groups is 1. The molecule has 192 valence electrons. The first-order chi connectivity index (χ1) is 17.3. The van der Waals surface area contributed by atoms with Crippen molar-refractivity contribution in [2.24, 2.45) is 5.92 Å². The van der Waals surface area contributed by atoms with E-state index in [0.29, 0.717) is 35.0 Å². The molecule has 2 aromatic heterocycles. The Morgan fingerprint density at radius 3 is 2.69 bits per heavy atom. The number of rotatable bonds is 9. The van der Waals surface area contributed by atoms with Crippen LogP contribution in [0.4, 0.5) is 11.5 Å². The predicted molar refractivity (Wildman–Crippen MR) is 136 cm³/mol. The lowest BCUT2D eigenvalue weighted by Crippen LogP contribution is -2.38. The normalized spacial score (nSPS) is 16.9. The van der Waals surface area contributed by atoms with Crippen LogP contribution in [0.2, 0.25) is 5.02 Å². The van der Waals surface area contributed by atoms with Gasteiger partial charge in [-0.2, -0.15) is 0 Å². The van der Waals surface area contributed by atoms with Crippen molar-refractivity contribution in [3.63, 3.8) is 0 Å². The Hall–Kier alpha value is -2.82. The summed E-state index contributed by atoms with van der Waals surface area (Å²) >= 11 is 6.17. The number of benzene rings is 1. The standard InChI is InChI=1S/C25H28ClN3O6S/c1-2-33-25(30)23-11-17-5-6-20(13-22(17)35-23)36(31,32)28-21-12-18(26)14-27-24(21)29-9-7-19(8-10-29)34-15-16-3-4-16/h5-6,11-14,16,19,28H,2-4,7-10,15H2,1H3. The highest BCUT2D eigenvalue weighted by atomic mass is 35.5. The van der Waals surface area contributed by atoms with Crippen molar-refractivity contribution in [2.75, 3.05) is 35.9 Å². The summed E-state index contributed by atoms with van der Waals surface area (Å²) in [5.41, 5.74) is 0.560. The molecule has 0 radical (unpaired) electrons. The van der Waals surface area contributed by atoms with Crippen LogP contribution in [-0.4, -0.2) is 51.8 Å². The highest BCUT2D eigenvalue weighted by molar-refractivity contribution is 7.92. The molecule has 11 heteroatoms. The average molecular weight is 534 g/mol. The number of carbonyl (C=O) groups excluding carboxylic acids is 1. The molecular weight excluding hydrogens is 506 g/mol. The van der Waals surface area contributed by atoms with E-state index in [0.717, 1.165) is 25.4 Å². The Labute approximate surface area is 214 Å². The number of halogens is 1. The molecule has 1 saturated carbocycles. The smallest absolute Gasteiger partial charge is 0.374 e. The van der Waals surface area contributed by atoms with Crippen molar-refractivity contribution in [1.29, 1.82) is 0 Å². The third-order valence-electron chi connectivity index (χ3n) is 6.36. The van der Waals surface area contributed by atoms with Gasteiger partial charge in [0, 0.05) is 37.3 Å². The maximum atomic E-state index is 13.3. The lowest BCUT2D eigenvalue weighted by atomic mass is 10.1. The number of sulfonamides is 1. The van der Waals surface area contributed by atoms with E-state index in [1.54, 1.807) is 19.1 Å². The van der Waals surface area contributed by atoms with Crippen LogP contribution in [0, 0.1) is 5.92 Å². The molecule has 1 saturated heterocycles. The summed E-state index contributed by atoms with van der Waals surface area (Å²) in [7, 11) is -4.00. The first-order valence-electron chi connectivity index (χ1n) is 12.1. The van der Waals surface area contributed by atoms with Crippen LogP contribution in [0.5, 0.6) is 0 Å². The van der Waals surface area contributed by atoms with Crippen molar-refractivity contribution in [2.45, 2.75) is 43.6 Å². The number of pyridine rings is 1. The van der Waals surface area contributed by atoms with Crippen LogP contribution in [0.1, 0.15) is 43.2 Å². The van der Waals surface area contributed by atoms with Gasteiger partial charge in [0.2, 0.25) is 5.76 Å². The van der Waals surface area contributed by atoms with Crippen LogP contribution < -0.4 is 9.62 Å². The summed E-state index contributed by atoms with van der Waals surface area (Å²) in [6, 6.07) is 7.49. The van der Waals surface area contributed by atoms with Gasteiger partial charge in [0.25, 0.3) is 10.0 Å². The summed E-state index contributed by atoms with van der Waals surface area (Å²) in [5.74, 6) is 0.652. The van der Waals surface area contributed by atoms with Gasteiger partial charge >= 0.3 is 5.97 Å². The average Bonchev–Trinajstić information content (AvgIpc) is 3.59. The maximum Gasteiger partial charge on any atom is 0.374 e. The molecule has 9 nitrogen and oxygen atoms in total. The Morgan fingerprint density at radius 2 is 1.97 bits per heavy atom. The third kappa shape index (κ3) is 5.61. The van der Waals surface area contributed by atoms with Crippen LogP contribution in [0.15, 0.2) is 45.8 Å². The quantitative estimate of drug-likeness (QED) is 0.388. The van der Waals surface area contributed by atoms with Gasteiger partial charge in [-0.3, -0.25) is 4.72 Å². The second-order valence-electron chi connectivity index (χ2n) is 9.12. The summed E-state index contributed by atoms with van der Waals surface area (Å²) in [6.07, 6.45) is 5.94. The predicted octanol–water partition coefficient (Wildman–Crippen LogP) is 4.85. The SMILES string of the molecule is CCOC(=O)c1cc2ccc(S(=O)(=O)Nc3cc(Cl)cnc3N3CCC(OCC4CC4)CC3)cc2o1. The summed E-state index contributed by atoms with van der Waals surface area (Å²) < 4.78 is 45.7. The van der Waals surface area contributed by atoms with Gasteiger partial charge in [-0.1, -0.05) is 11.6 Å². The fraction of sp³-hybridized carbons (Fsp3) is 0.440. The van der Waals surface area contributed by atoms with E-state index in [9.17, 15) is 13.2 Å². The lowest BCUT2D eigenvalue weighted by Gasteiger charge is -2.33. The minimum atomic E-state index is -4.00. The minimum Gasteiger partial charge on any atom is -0.460 e. The highest BCUT2D eigenvalue weighted by Gasteiger charge is 2.28. The molecule has 0 amide bonds. The van der Waals surface area contributed by atoms with E-state index in [4.69, 9.17) is 25.5 Å². The first-order valence-corrected chi connectivity index (χ1v) is 13.9. The van der Waals surface area contributed by atoms with Gasteiger partial charge in [-0.05, 0) is 62.8 Å². The first kappa shape index (κ1) is 24.9. The fourth-order valence-corrected chi connectivity index (χ4v) is 5.46. The van der Waals surface area contributed by atoms with Gasteiger partial charge < -0.3 is 18.8 Å². The minimum absolute atomic E-state index is 0.0141. The number of nitrogens with one attached hydrogen (secondary N) is 1. The molecule has 0 unspecified atom stereocenters. The van der Waals surface area contributed by atoms with E-state index in [1.165, 1.54) is 37.2 Å². The van der Waals surface area contributed by atoms with Crippen molar-refractivity contribution < 1.29 is 27.1 Å². The van der Waals surface area contributed by atoms with E-state index in [1.807, 2.05) is 4.90 Å². The molecule has 0 spiro atoms. The van der Waals surface area contributed by atoms with E-state index in [2.05, 4.69) is 9.71 Å². The molecule has 0 atom stereocenters. The number of ether oxygens (including phenoxy) is 2. The molecule has 0 bridgehead atoms. The largest absolute Gasteiger partial charge is 0.460 e. The molecule has 5 rings (SSSR count). The summed E-state index contributed by atoms with van der Waals surface area (Å²) in [4.78, 5) is 18.4. The number of aromatic nitrogens is 1. The summed E-state index contributed by atoms with van der Waals surface area (Å²) in [6.45, 7) is 4.14. The second-order valence-corrected chi connectivity index (χ2v) is 11.2. The van der Waals surface area contributed by atoms with E-state index >= 15 is 0 Å². The molecule has 2 aliphatic rings. The number of esters is 1. The molecule has 2 fully saturated rings. The topological polar surface area (TPSA) is 111 Å². The van der Waals surface area contributed by atoms with Crippen molar-refractivity contribution in [3.8, 4) is 0 Å². The third-order valence-corrected chi connectivity index (χ3v) is 7.93. The number of fused-ring (bicyclic) bond motifs is 1. The number of hydrogen-bond acceptors (Lipinski definition) is 8. The molecule has 1 N–H and O–H groups in total. The van der Waals surface area contributed by atoms with Crippen molar-refractivity contribution >= 4 is 50.1 Å². The van der Waals surface area contributed by atoms with Crippen LogP contribution in [0.25, 0.3) is 11.0 Å². The molecule has 3 heterocycles. The molecule has 36 heavy (non-hydrogen) atoms. The number of piperidine rings is 1. The Morgan fingerprint density at radius 1 is 1.19 bits per heavy atom. The molecule has 1 aromatic carbocycles. The number of nitrogens with zero attached hydrogens (tertiary/aromatic N) is 2. The molecular formula is C25H28ClN3O6S. The highest BCUT2D eigenvalue weighted by Crippen LogP contribution is 2.33. The zero-order valence-electron chi connectivity index (χ0n) is 19.9. The van der Waals surface area contributed by atoms with Crippen LogP contribution >= 0.6 is 11.6 Å². The molecule has 3 aromatic rings. The van der Waals surface area contributed by atoms with Crippen molar-refractivity contribution in [1.82, 2.24) is 4.98 Å². The second kappa shape index (κ2) is 10.3. The van der Waals surface area contributed by atoms with Gasteiger partial charge in [0.15, 0.2) is 5.82 Å². The number of anilines is 2. The zero-order chi connectivity index (χ0) is 25.3.